The molecule has 21 heavy (non-hydrogen) atoms. The van der Waals surface area contributed by atoms with E-state index >= 15 is 0 Å². The number of carbonyl (C=O) groups excluding carboxylic acids is 1. The molecule has 0 atom stereocenters. The van der Waals surface area contributed by atoms with Crippen molar-refractivity contribution in [3.05, 3.63) is 53.6 Å². The highest BCUT2D eigenvalue weighted by Gasteiger charge is 2.14. The Hall–Kier alpha value is -2.33. The van der Waals surface area contributed by atoms with Crippen molar-refractivity contribution in [2.24, 2.45) is 0 Å². The Balaban J connectivity index is 2.19. The van der Waals surface area contributed by atoms with Gasteiger partial charge in [0.05, 0.1) is 12.7 Å². The number of benzene rings is 2. The van der Waals surface area contributed by atoms with Crippen LogP contribution in [0.4, 0.5) is 0 Å². The van der Waals surface area contributed by atoms with E-state index in [0.29, 0.717) is 5.56 Å². The van der Waals surface area contributed by atoms with E-state index in [0.717, 1.165) is 26.1 Å². The lowest BCUT2D eigenvalue weighted by molar-refractivity contribution is 0.0603. The Kier molecular flexibility index (Phi) is 3.39. The van der Waals surface area contributed by atoms with Crippen LogP contribution in [0.15, 0.2) is 42.5 Å². The Bertz CT molecular complexity index is 833. The van der Waals surface area contributed by atoms with Crippen LogP contribution >= 0.6 is 11.3 Å². The average molecular weight is 298 g/mol. The van der Waals surface area contributed by atoms with Crippen molar-refractivity contribution in [3.63, 3.8) is 0 Å². The molecular weight excluding hydrogens is 284 g/mol. The van der Waals surface area contributed by atoms with Crippen LogP contribution in [0, 0.1) is 6.92 Å². The van der Waals surface area contributed by atoms with Crippen LogP contribution in [-0.2, 0) is 4.74 Å². The minimum Gasteiger partial charge on any atom is -0.508 e. The van der Waals surface area contributed by atoms with Gasteiger partial charge in [-0.05, 0) is 53.8 Å². The van der Waals surface area contributed by atoms with Gasteiger partial charge in [-0.15, -0.1) is 11.3 Å². The van der Waals surface area contributed by atoms with E-state index in [1.165, 1.54) is 7.11 Å². The fourth-order valence-electron chi connectivity index (χ4n) is 2.39. The molecule has 106 valence electrons. The van der Waals surface area contributed by atoms with Gasteiger partial charge in [0.15, 0.2) is 0 Å². The number of methoxy groups -OCH3 is 1. The lowest BCUT2D eigenvalue weighted by atomic mass is 10.1. The lowest BCUT2D eigenvalue weighted by Crippen LogP contribution is -2.00. The summed E-state index contributed by atoms with van der Waals surface area (Å²) in [6.07, 6.45) is 0. The predicted octanol–water partition coefficient (Wildman–Crippen LogP) is 4.37. The van der Waals surface area contributed by atoms with Crippen molar-refractivity contribution in [1.29, 1.82) is 0 Å². The molecule has 0 radical (unpaired) electrons. The minimum atomic E-state index is -0.323. The fourth-order valence-corrected chi connectivity index (χ4v) is 3.64. The number of phenolic OH excluding ortho intramolecular Hbond substituents is 1. The van der Waals surface area contributed by atoms with Gasteiger partial charge in [0, 0.05) is 9.58 Å². The number of fused-ring (bicyclic) bond motifs is 1. The molecule has 0 saturated carbocycles. The molecule has 1 aromatic heterocycles. The van der Waals surface area contributed by atoms with E-state index < -0.39 is 0 Å². The second kappa shape index (κ2) is 5.22. The van der Waals surface area contributed by atoms with E-state index in [9.17, 15) is 9.90 Å². The van der Waals surface area contributed by atoms with Gasteiger partial charge in [-0.3, -0.25) is 0 Å². The topological polar surface area (TPSA) is 46.5 Å². The van der Waals surface area contributed by atoms with Gasteiger partial charge in [0.1, 0.15) is 5.75 Å². The number of carbonyl (C=O) groups is 1. The molecule has 0 spiro atoms. The van der Waals surface area contributed by atoms with Crippen LogP contribution in [0.2, 0.25) is 0 Å². The van der Waals surface area contributed by atoms with E-state index in [2.05, 4.69) is 6.07 Å². The summed E-state index contributed by atoms with van der Waals surface area (Å²) < 4.78 is 5.76. The number of hydrogen-bond donors (Lipinski definition) is 1. The Morgan fingerprint density at radius 2 is 2.00 bits per heavy atom. The zero-order valence-electron chi connectivity index (χ0n) is 11.7. The zero-order chi connectivity index (χ0) is 15.0. The first-order chi connectivity index (χ1) is 10.1. The van der Waals surface area contributed by atoms with Crippen LogP contribution in [0.5, 0.6) is 5.75 Å². The summed E-state index contributed by atoms with van der Waals surface area (Å²) in [6.45, 7) is 1.96. The monoisotopic (exact) mass is 298 g/mol. The highest BCUT2D eigenvalue weighted by Crippen LogP contribution is 2.37. The first-order valence-electron chi connectivity index (χ1n) is 6.51. The number of thiophene rings is 1. The smallest absolute Gasteiger partial charge is 0.339 e. The van der Waals surface area contributed by atoms with Crippen LogP contribution in [0.3, 0.4) is 0 Å². The van der Waals surface area contributed by atoms with Crippen molar-refractivity contribution >= 4 is 27.4 Å². The molecule has 1 N–H and O–H groups in total. The van der Waals surface area contributed by atoms with Gasteiger partial charge in [0.2, 0.25) is 0 Å². The maximum absolute atomic E-state index is 11.8. The third-order valence-corrected chi connectivity index (χ3v) is 4.64. The fraction of sp³-hybridized carbons (Fsp3) is 0.118. The lowest BCUT2D eigenvalue weighted by Gasteiger charge is -2.03. The normalized spacial score (nSPS) is 10.8. The summed E-state index contributed by atoms with van der Waals surface area (Å²) >= 11 is 1.56. The predicted molar refractivity (Wildman–Crippen MR) is 85.0 cm³/mol. The molecule has 0 aliphatic carbocycles. The van der Waals surface area contributed by atoms with Gasteiger partial charge in [-0.25, -0.2) is 4.79 Å². The average Bonchev–Trinajstić information content (AvgIpc) is 2.89. The highest BCUT2D eigenvalue weighted by molar-refractivity contribution is 7.22. The second-order valence-electron chi connectivity index (χ2n) is 4.83. The number of hydrogen-bond acceptors (Lipinski definition) is 4. The van der Waals surface area contributed by atoms with E-state index in [1.807, 2.05) is 25.1 Å². The molecule has 0 fully saturated rings. The second-order valence-corrected chi connectivity index (χ2v) is 5.88. The van der Waals surface area contributed by atoms with Crippen molar-refractivity contribution in [3.8, 4) is 16.2 Å². The molecule has 3 rings (SSSR count). The Morgan fingerprint density at radius 1 is 1.19 bits per heavy atom. The van der Waals surface area contributed by atoms with Gasteiger partial charge in [-0.2, -0.15) is 0 Å². The molecule has 0 aliphatic rings. The first-order valence-corrected chi connectivity index (χ1v) is 7.32. The number of phenols is 1. The van der Waals surface area contributed by atoms with Crippen LogP contribution in [-0.4, -0.2) is 18.2 Å². The van der Waals surface area contributed by atoms with Gasteiger partial charge >= 0.3 is 5.97 Å². The molecule has 0 saturated heterocycles. The molecule has 0 bridgehead atoms. The SMILES string of the molecule is COC(=O)c1cccc2cc(-c3ccc(O)cc3C)sc12. The van der Waals surface area contributed by atoms with Crippen LogP contribution in [0.25, 0.3) is 20.5 Å². The van der Waals surface area contributed by atoms with Crippen molar-refractivity contribution < 1.29 is 14.6 Å². The van der Waals surface area contributed by atoms with Gasteiger partial charge in [-0.1, -0.05) is 12.1 Å². The summed E-state index contributed by atoms with van der Waals surface area (Å²) in [5, 5.41) is 10.5. The Labute approximate surface area is 126 Å². The number of ether oxygens (including phenoxy) is 1. The Morgan fingerprint density at radius 3 is 2.71 bits per heavy atom. The molecular formula is C17H14O3S. The summed E-state index contributed by atoms with van der Waals surface area (Å²) in [7, 11) is 1.39. The number of esters is 1. The van der Waals surface area contributed by atoms with E-state index in [4.69, 9.17) is 4.74 Å². The first kappa shape index (κ1) is 13.6. The molecule has 0 aliphatic heterocycles. The van der Waals surface area contributed by atoms with Crippen molar-refractivity contribution in [1.82, 2.24) is 0 Å². The summed E-state index contributed by atoms with van der Waals surface area (Å²) in [5.74, 6) is -0.0657. The van der Waals surface area contributed by atoms with Crippen LogP contribution in [0.1, 0.15) is 15.9 Å². The maximum atomic E-state index is 11.8. The van der Waals surface area contributed by atoms with Crippen molar-refractivity contribution in [2.75, 3.05) is 7.11 Å². The molecule has 1 heterocycles. The molecule has 4 heteroatoms. The number of rotatable bonds is 2. The van der Waals surface area contributed by atoms with Gasteiger partial charge < -0.3 is 9.84 Å². The molecule has 3 aromatic rings. The summed E-state index contributed by atoms with van der Waals surface area (Å²) in [5.41, 5.74) is 2.65. The van der Waals surface area contributed by atoms with Crippen LogP contribution < -0.4 is 0 Å². The van der Waals surface area contributed by atoms with E-state index in [1.54, 1.807) is 29.5 Å². The molecule has 3 nitrogen and oxygen atoms in total. The largest absolute Gasteiger partial charge is 0.508 e. The number of aromatic hydroxyl groups is 1. The molecule has 0 unspecified atom stereocenters. The minimum absolute atomic E-state index is 0.257. The summed E-state index contributed by atoms with van der Waals surface area (Å²) in [4.78, 5) is 12.9. The van der Waals surface area contributed by atoms with Gasteiger partial charge in [0.25, 0.3) is 0 Å². The standard InChI is InChI=1S/C17H14O3S/c1-10-8-12(18)6-7-13(10)15-9-11-4-3-5-14(16(11)21-15)17(19)20-2/h3-9,18H,1-2H3. The van der Waals surface area contributed by atoms with Crippen molar-refractivity contribution in [2.45, 2.75) is 6.92 Å². The molecule has 0 amide bonds. The quantitative estimate of drug-likeness (QED) is 0.715. The third-order valence-electron chi connectivity index (χ3n) is 3.42. The summed E-state index contributed by atoms with van der Waals surface area (Å²) in [6, 6.07) is 13.0. The molecule has 2 aromatic carbocycles. The third kappa shape index (κ3) is 2.38. The zero-order valence-corrected chi connectivity index (χ0v) is 12.5. The van der Waals surface area contributed by atoms with E-state index in [-0.39, 0.29) is 11.7 Å². The number of aryl methyl sites for hydroxylation is 1. The maximum Gasteiger partial charge on any atom is 0.339 e. The highest BCUT2D eigenvalue weighted by atomic mass is 32.1.